The summed E-state index contributed by atoms with van der Waals surface area (Å²) >= 11 is 0. The Balaban J connectivity index is 1.60. The van der Waals surface area contributed by atoms with E-state index in [9.17, 15) is 4.79 Å². The molecule has 1 unspecified atom stereocenters. The number of nitrogens with zero attached hydrogens (tertiary/aromatic N) is 3. The molecule has 108 valence electrons. The van der Waals surface area contributed by atoms with Crippen molar-refractivity contribution in [2.75, 3.05) is 31.1 Å². The van der Waals surface area contributed by atoms with Crippen LogP contribution < -0.4 is 10.5 Å². The van der Waals surface area contributed by atoms with Crippen LogP contribution in [0.3, 0.4) is 0 Å². The zero-order chi connectivity index (χ0) is 13.5. The molecule has 0 bridgehead atoms. The topological polar surface area (TPSA) is 52.2 Å². The van der Waals surface area contributed by atoms with Gasteiger partial charge < -0.3 is 9.88 Å². The number of aromatic nitrogens is 2. The van der Waals surface area contributed by atoms with Crippen LogP contribution in [0.2, 0.25) is 0 Å². The van der Waals surface area contributed by atoms with Crippen molar-refractivity contribution in [1.29, 1.82) is 0 Å². The molecule has 1 atom stereocenters. The van der Waals surface area contributed by atoms with E-state index in [-0.39, 0.29) is 5.56 Å². The summed E-state index contributed by atoms with van der Waals surface area (Å²) in [6.07, 6.45) is 6.11. The van der Waals surface area contributed by atoms with Crippen molar-refractivity contribution >= 4 is 5.82 Å². The first-order chi connectivity index (χ1) is 9.79. The van der Waals surface area contributed by atoms with Gasteiger partial charge in [0.1, 0.15) is 11.6 Å². The average Bonchev–Trinajstić information content (AvgIpc) is 3.23. The third-order valence-corrected chi connectivity index (χ3v) is 4.84. The van der Waals surface area contributed by atoms with Crippen LogP contribution in [-0.4, -0.2) is 47.1 Å². The van der Waals surface area contributed by atoms with Crippen LogP contribution >= 0.6 is 0 Å². The second-order valence-electron chi connectivity index (χ2n) is 6.39. The Hall–Kier alpha value is -1.36. The van der Waals surface area contributed by atoms with Gasteiger partial charge in [0, 0.05) is 37.7 Å². The molecule has 2 aliphatic heterocycles. The number of fused-ring (bicyclic) bond motifs is 1. The summed E-state index contributed by atoms with van der Waals surface area (Å²) in [5, 5.41) is 0. The van der Waals surface area contributed by atoms with Crippen molar-refractivity contribution in [2.24, 2.45) is 0 Å². The fourth-order valence-electron chi connectivity index (χ4n) is 3.59. The Kier molecular flexibility index (Phi) is 3.02. The van der Waals surface area contributed by atoms with E-state index in [0.29, 0.717) is 12.0 Å². The molecule has 0 spiro atoms. The molecule has 1 aliphatic carbocycles. The summed E-state index contributed by atoms with van der Waals surface area (Å²) in [5.74, 6) is 2.29. The molecule has 0 aromatic carbocycles. The maximum absolute atomic E-state index is 11.9. The highest BCUT2D eigenvalue weighted by Gasteiger charge is 2.30. The molecule has 0 radical (unpaired) electrons. The van der Waals surface area contributed by atoms with E-state index < -0.39 is 0 Å². The van der Waals surface area contributed by atoms with Crippen LogP contribution in [0.1, 0.15) is 43.8 Å². The van der Waals surface area contributed by atoms with Crippen LogP contribution in [0.4, 0.5) is 5.82 Å². The molecule has 3 aliphatic rings. The van der Waals surface area contributed by atoms with Crippen molar-refractivity contribution in [3.63, 3.8) is 0 Å². The molecule has 20 heavy (non-hydrogen) atoms. The Morgan fingerprint density at radius 1 is 1.15 bits per heavy atom. The maximum atomic E-state index is 11.9. The molecular formula is C15H22N4O. The zero-order valence-corrected chi connectivity index (χ0v) is 11.8. The third kappa shape index (κ3) is 2.35. The average molecular weight is 274 g/mol. The molecule has 1 N–H and O–H groups in total. The summed E-state index contributed by atoms with van der Waals surface area (Å²) in [6.45, 7) is 4.49. The van der Waals surface area contributed by atoms with E-state index in [2.05, 4.69) is 14.8 Å². The van der Waals surface area contributed by atoms with Crippen LogP contribution in [0.25, 0.3) is 0 Å². The van der Waals surface area contributed by atoms with Gasteiger partial charge in [-0.05, 0) is 38.6 Å². The summed E-state index contributed by atoms with van der Waals surface area (Å²) in [7, 11) is 0. The van der Waals surface area contributed by atoms with E-state index in [0.717, 1.165) is 24.7 Å². The normalized spacial score (nSPS) is 27.4. The highest BCUT2D eigenvalue weighted by Crippen LogP contribution is 2.38. The predicted molar refractivity (Wildman–Crippen MR) is 78.3 cm³/mol. The van der Waals surface area contributed by atoms with Gasteiger partial charge in [-0.15, -0.1) is 0 Å². The first-order valence-electron chi connectivity index (χ1n) is 7.90. The lowest BCUT2D eigenvalue weighted by atomic mass is 10.2. The molecule has 4 rings (SSSR count). The minimum Gasteiger partial charge on any atom is -0.355 e. The Morgan fingerprint density at radius 2 is 2.00 bits per heavy atom. The van der Waals surface area contributed by atoms with E-state index in [4.69, 9.17) is 4.98 Å². The number of hydrogen-bond donors (Lipinski definition) is 1. The van der Waals surface area contributed by atoms with Crippen LogP contribution in [0, 0.1) is 0 Å². The van der Waals surface area contributed by atoms with E-state index in [1.807, 2.05) is 0 Å². The van der Waals surface area contributed by atoms with Gasteiger partial charge in [-0.3, -0.25) is 9.69 Å². The molecule has 5 heteroatoms. The summed E-state index contributed by atoms with van der Waals surface area (Å²) < 4.78 is 0. The predicted octanol–water partition coefficient (Wildman–Crippen LogP) is 1.32. The van der Waals surface area contributed by atoms with Crippen molar-refractivity contribution in [3.8, 4) is 0 Å². The summed E-state index contributed by atoms with van der Waals surface area (Å²) in [6, 6.07) is 2.33. The molecule has 2 saturated heterocycles. The van der Waals surface area contributed by atoms with Gasteiger partial charge in [0.25, 0.3) is 5.56 Å². The van der Waals surface area contributed by atoms with Gasteiger partial charge in [0.15, 0.2) is 0 Å². The second-order valence-corrected chi connectivity index (χ2v) is 6.39. The fourth-order valence-corrected chi connectivity index (χ4v) is 3.59. The lowest BCUT2D eigenvalue weighted by molar-refractivity contribution is 0.273. The quantitative estimate of drug-likeness (QED) is 0.884. The minimum atomic E-state index is 0.00410. The highest BCUT2D eigenvalue weighted by atomic mass is 16.1. The van der Waals surface area contributed by atoms with Crippen LogP contribution in [0.5, 0.6) is 0 Å². The van der Waals surface area contributed by atoms with Crippen molar-refractivity contribution in [1.82, 2.24) is 14.9 Å². The van der Waals surface area contributed by atoms with Gasteiger partial charge in [-0.1, -0.05) is 0 Å². The molecular weight excluding hydrogens is 252 g/mol. The van der Waals surface area contributed by atoms with Gasteiger partial charge in [-0.25, -0.2) is 4.98 Å². The molecule has 5 nitrogen and oxygen atoms in total. The first kappa shape index (κ1) is 12.4. The summed E-state index contributed by atoms with van der Waals surface area (Å²) in [5.41, 5.74) is 0.00410. The zero-order valence-electron chi connectivity index (χ0n) is 11.8. The third-order valence-electron chi connectivity index (χ3n) is 4.84. The molecule has 0 amide bonds. The second kappa shape index (κ2) is 4.88. The van der Waals surface area contributed by atoms with E-state index >= 15 is 0 Å². The van der Waals surface area contributed by atoms with Crippen molar-refractivity contribution in [3.05, 3.63) is 22.2 Å². The highest BCUT2D eigenvalue weighted by molar-refractivity contribution is 5.39. The molecule has 1 saturated carbocycles. The van der Waals surface area contributed by atoms with Gasteiger partial charge in [-0.2, -0.15) is 0 Å². The standard InChI is InChI=1S/C15H22N4O/c20-14-9-13(16-15(17-14)11-4-5-11)19-8-2-7-18-6-1-3-12(18)10-19/h9,11-12H,1-8,10H2,(H,16,17,20). The van der Waals surface area contributed by atoms with Crippen molar-refractivity contribution < 1.29 is 0 Å². The van der Waals surface area contributed by atoms with E-state index in [1.165, 1.54) is 45.2 Å². The Bertz CT molecular complexity index is 551. The van der Waals surface area contributed by atoms with Gasteiger partial charge in [0.05, 0.1) is 0 Å². The lowest BCUT2D eigenvalue weighted by Gasteiger charge is -2.26. The number of aromatic amines is 1. The maximum Gasteiger partial charge on any atom is 0.252 e. The first-order valence-corrected chi connectivity index (χ1v) is 7.90. The lowest BCUT2D eigenvalue weighted by Crippen LogP contribution is -2.37. The minimum absolute atomic E-state index is 0.00410. The van der Waals surface area contributed by atoms with Crippen LogP contribution in [0.15, 0.2) is 10.9 Å². The van der Waals surface area contributed by atoms with Gasteiger partial charge >= 0.3 is 0 Å². The molecule has 1 aromatic rings. The van der Waals surface area contributed by atoms with Crippen molar-refractivity contribution in [2.45, 2.75) is 44.1 Å². The Labute approximate surface area is 119 Å². The molecule has 3 heterocycles. The number of rotatable bonds is 2. The fraction of sp³-hybridized carbons (Fsp3) is 0.733. The molecule has 1 aromatic heterocycles. The number of anilines is 1. The molecule has 3 fully saturated rings. The SMILES string of the molecule is O=c1cc(N2CCCN3CCCC3C2)nc(C2CC2)[nH]1. The monoisotopic (exact) mass is 274 g/mol. The van der Waals surface area contributed by atoms with Crippen LogP contribution in [-0.2, 0) is 0 Å². The smallest absolute Gasteiger partial charge is 0.252 e. The summed E-state index contributed by atoms with van der Waals surface area (Å²) in [4.78, 5) is 24.4. The number of H-pyrrole nitrogens is 1. The van der Waals surface area contributed by atoms with E-state index in [1.54, 1.807) is 6.07 Å². The largest absolute Gasteiger partial charge is 0.355 e. The van der Waals surface area contributed by atoms with Gasteiger partial charge in [0.2, 0.25) is 0 Å². The Morgan fingerprint density at radius 3 is 2.85 bits per heavy atom. The number of nitrogens with one attached hydrogen (secondary N) is 1. The number of hydrogen-bond acceptors (Lipinski definition) is 4.